The number of nitrogens with one attached hydrogen (secondary N) is 1. The Morgan fingerprint density at radius 1 is 1.03 bits per heavy atom. The van der Waals surface area contributed by atoms with Crippen molar-refractivity contribution in [1.29, 1.82) is 0 Å². The van der Waals surface area contributed by atoms with Gasteiger partial charge in [-0.25, -0.2) is 4.39 Å². The molecule has 5 nitrogen and oxygen atoms in total. The van der Waals surface area contributed by atoms with E-state index in [0.717, 1.165) is 0 Å². The van der Waals surface area contributed by atoms with Crippen molar-refractivity contribution in [3.05, 3.63) is 70.4 Å². The highest BCUT2D eigenvalue weighted by molar-refractivity contribution is 8.04. The number of halogens is 1. The van der Waals surface area contributed by atoms with Gasteiger partial charge in [-0.2, -0.15) is 0 Å². The number of nitrogens with zero attached hydrogens (tertiary/aromatic N) is 1. The van der Waals surface area contributed by atoms with E-state index in [4.69, 9.17) is 0 Å². The Balaban J connectivity index is 1.94. The third-order valence-corrected chi connectivity index (χ3v) is 5.31. The zero-order chi connectivity index (χ0) is 21.1. The fourth-order valence-electron chi connectivity index (χ4n) is 2.99. The molecule has 2 aromatic rings. The number of hydrogen-bond donors (Lipinski definition) is 1. The molecule has 0 atom stereocenters. The zero-order valence-corrected chi connectivity index (χ0v) is 17.2. The van der Waals surface area contributed by atoms with Crippen molar-refractivity contribution in [3.63, 3.8) is 0 Å². The minimum Gasteiger partial charge on any atom is -0.326 e. The summed E-state index contributed by atoms with van der Waals surface area (Å²) in [4.78, 5) is 38.9. The zero-order valence-electron chi connectivity index (χ0n) is 16.4. The number of carbonyl (C=O) groups is 3. The minimum absolute atomic E-state index is 0.0770. The van der Waals surface area contributed by atoms with Gasteiger partial charge in [0.25, 0.3) is 11.8 Å². The number of rotatable bonds is 6. The van der Waals surface area contributed by atoms with Crippen molar-refractivity contribution in [2.75, 3.05) is 5.32 Å². The Bertz CT molecular complexity index is 982. The normalized spacial score (nSPS) is 14.2. The molecule has 3 amide bonds. The molecule has 0 spiro atoms. The van der Waals surface area contributed by atoms with Gasteiger partial charge < -0.3 is 5.32 Å². The quantitative estimate of drug-likeness (QED) is 0.722. The number of anilines is 1. The summed E-state index contributed by atoms with van der Waals surface area (Å²) in [5, 5.41) is 2.79. The van der Waals surface area contributed by atoms with Crippen LogP contribution in [0.4, 0.5) is 10.1 Å². The van der Waals surface area contributed by atoms with Crippen LogP contribution in [0.25, 0.3) is 5.57 Å². The molecule has 29 heavy (non-hydrogen) atoms. The van der Waals surface area contributed by atoms with Gasteiger partial charge >= 0.3 is 0 Å². The average Bonchev–Trinajstić information content (AvgIpc) is 2.88. The lowest BCUT2D eigenvalue weighted by Crippen LogP contribution is -2.31. The van der Waals surface area contributed by atoms with E-state index >= 15 is 0 Å². The van der Waals surface area contributed by atoms with Crippen LogP contribution in [0, 0.1) is 5.82 Å². The summed E-state index contributed by atoms with van der Waals surface area (Å²) < 4.78 is 13.2. The monoisotopic (exact) mass is 412 g/mol. The van der Waals surface area contributed by atoms with Crippen LogP contribution in [0.1, 0.15) is 31.9 Å². The number of amides is 3. The third-order valence-electron chi connectivity index (χ3n) is 4.23. The molecule has 0 bridgehead atoms. The first-order chi connectivity index (χ1) is 13.8. The van der Waals surface area contributed by atoms with Crippen LogP contribution in [0.15, 0.2) is 53.4 Å². The summed E-state index contributed by atoms with van der Waals surface area (Å²) in [6.07, 6.45) is 0. The Morgan fingerprint density at radius 2 is 1.66 bits per heavy atom. The lowest BCUT2D eigenvalue weighted by Gasteiger charge is -2.15. The highest BCUT2D eigenvalue weighted by Gasteiger charge is 2.39. The van der Waals surface area contributed by atoms with Crippen molar-refractivity contribution >= 4 is 40.7 Å². The topological polar surface area (TPSA) is 66.5 Å². The van der Waals surface area contributed by atoms with Crippen LogP contribution in [-0.4, -0.2) is 27.9 Å². The van der Waals surface area contributed by atoms with Crippen molar-refractivity contribution < 1.29 is 18.8 Å². The summed E-state index contributed by atoms with van der Waals surface area (Å²) in [7, 11) is 0. The van der Waals surface area contributed by atoms with Gasteiger partial charge in [-0.1, -0.05) is 38.1 Å². The van der Waals surface area contributed by atoms with Crippen LogP contribution < -0.4 is 5.32 Å². The first-order valence-electron chi connectivity index (χ1n) is 9.16. The first kappa shape index (κ1) is 20.8. The van der Waals surface area contributed by atoms with E-state index in [1.807, 2.05) is 13.8 Å². The molecule has 150 valence electrons. The lowest BCUT2D eigenvalue weighted by molar-refractivity contribution is -0.137. The van der Waals surface area contributed by atoms with Crippen molar-refractivity contribution in [3.8, 4) is 0 Å². The van der Waals surface area contributed by atoms with E-state index in [9.17, 15) is 18.8 Å². The molecular weight excluding hydrogens is 391 g/mol. The molecule has 0 unspecified atom stereocenters. The molecule has 0 aliphatic carbocycles. The molecule has 1 aliphatic heterocycles. The van der Waals surface area contributed by atoms with Gasteiger partial charge in [0.2, 0.25) is 5.91 Å². The van der Waals surface area contributed by atoms with Gasteiger partial charge in [0, 0.05) is 17.9 Å². The molecule has 2 aromatic carbocycles. The van der Waals surface area contributed by atoms with Gasteiger partial charge in [0.05, 0.1) is 17.0 Å². The molecular formula is C22H21FN2O3S. The van der Waals surface area contributed by atoms with E-state index < -0.39 is 0 Å². The van der Waals surface area contributed by atoms with Crippen molar-refractivity contribution in [2.45, 2.75) is 32.6 Å². The van der Waals surface area contributed by atoms with E-state index in [1.165, 1.54) is 35.7 Å². The number of benzene rings is 2. The van der Waals surface area contributed by atoms with Gasteiger partial charge in [0.1, 0.15) is 5.82 Å². The van der Waals surface area contributed by atoms with Gasteiger partial charge in [-0.15, -0.1) is 11.8 Å². The maximum atomic E-state index is 13.2. The molecule has 0 saturated carbocycles. The summed E-state index contributed by atoms with van der Waals surface area (Å²) in [5.41, 5.74) is 2.25. The van der Waals surface area contributed by atoms with Crippen molar-refractivity contribution in [2.24, 2.45) is 0 Å². The number of hydrogen-bond acceptors (Lipinski definition) is 4. The summed E-state index contributed by atoms with van der Waals surface area (Å²) >= 11 is 1.35. The first-order valence-corrected chi connectivity index (χ1v) is 10.0. The predicted octanol–water partition coefficient (Wildman–Crippen LogP) is 4.21. The van der Waals surface area contributed by atoms with Crippen LogP contribution in [0.5, 0.6) is 0 Å². The van der Waals surface area contributed by atoms with E-state index in [0.29, 0.717) is 27.3 Å². The Hall–Kier alpha value is -2.93. The summed E-state index contributed by atoms with van der Waals surface area (Å²) in [5.74, 6) is -1.29. The summed E-state index contributed by atoms with van der Waals surface area (Å²) in [6, 6.07) is 12.6. The second-order valence-corrected chi connectivity index (χ2v) is 8.54. The number of carbonyl (C=O) groups excluding carboxylic acids is 3. The van der Waals surface area contributed by atoms with Gasteiger partial charge in [0.15, 0.2) is 0 Å². The van der Waals surface area contributed by atoms with Crippen LogP contribution in [-0.2, 0) is 20.9 Å². The molecule has 0 fully saturated rings. The smallest absolute Gasteiger partial charge is 0.268 e. The number of thioether (sulfide) groups is 1. The molecule has 3 rings (SSSR count). The largest absolute Gasteiger partial charge is 0.326 e. The fourth-order valence-corrected chi connectivity index (χ4v) is 4.00. The maximum Gasteiger partial charge on any atom is 0.268 e. The second kappa shape index (κ2) is 8.61. The molecule has 0 saturated heterocycles. The minimum atomic E-state index is -0.380. The number of imide groups is 1. The van der Waals surface area contributed by atoms with Crippen LogP contribution in [0.2, 0.25) is 0 Å². The highest BCUT2D eigenvalue weighted by atomic mass is 32.2. The van der Waals surface area contributed by atoms with Crippen LogP contribution in [0.3, 0.4) is 0 Å². The molecule has 1 N–H and O–H groups in total. The van der Waals surface area contributed by atoms with Crippen LogP contribution >= 0.6 is 11.8 Å². The van der Waals surface area contributed by atoms with Gasteiger partial charge in [-0.3, -0.25) is 19.3 Å². The molecule has 0 aromatic heterocycles. The average molecular weight is 412 g/mol. The van der Waals surface area contributed by atoms with E-state index in [-0.39, 0.29) is 35.3 Å². The standard InChI is InChI=1S/C22H21FN2O3S/c1-13(2)29-20-19(16-6-10-18(11-7-16)24-14(3)26)21(27)25(22(20)28)12-15-4-8-17(23)9-5-15/h4-11,13H,12H2,1-3H3,(H,24,26). The molecule has 1 heterocycles. The SMILES string of the molecule is CC(=O)Nc1ccc(C2=C(SC(C)C)C(=O)N(Cc3ccc(F)cc3)C2=O)cc1. The lowest BCUT2D eigenvalue weighted by atomic mass is 10.1. The van der Waals surface area contributed by atoms with Crippen molar-refractivity contribution in [1.82, 2.24) is 4.90 Å². The molecule has 1 aliphatic rings. The fraction of sp³-hybridized carbons (Fsp3) is 0.227. The predicted molar refractivity (Wildman–Crippen MR) is 112 cm³/mol. The third kappa shape index (κ3) is 4.74. The second-order valence-electron chi connectivity index (χ2n) is 6.95. The van der Waals surface area contributed by atoms with E-state index in [2.05, 4.69) is 5.32 Å². The Morgan fingerprint density at radius 3 is 2.21 bits per heavy atom. The maximum absolute atomic E-state index is 13.2. The Labute approximate surface area is 173 Å². The highest BCUT2D eigenvalue weighted by Crippen LogP contribution is 2.38. The van der Waals surface area contributed by atoms with E-state index in [1.54, 1.807) is 36.4 Å². The van der Waals surface area contributed by atoms with Gasteiger partial charge in [-0.05, 0) is 35.4 Å². The summed E-state index contributed by atoms with van der Waals surface area (Å²) in [6.45, 7) is 5.40. The molecule has 0 radical (unpaired) electrons. The Kier molecular flexibility index (Phi) is 6.17. The molecule has 7 heteroatoms.